The number of rotatable bonds is 2. The second-order valence-electron chi connectivity index (χ2n) is 3.85. The van der Waals surface area contributed by atoms with Crippen LogP contribution in [0.5, 0.6) is 0 Å². The van der Waals surface area contributed by atoms with Gasteiger partial charge < -0.3 is 9.84 Å². The maximum atomic E-state index is 10.7. The van der Waals surface area contributed by atoms with Crippen molar-refractivity contribution in [2.45, 2.75) is 18.9 Å². The lowest BCUT2D eigenvalue weighted by atomic mass is 9.95. The van der Waals surface area contributed by atoms with Gasteiger partial charge in [0.2, 0.25) is 0 Å². The molecule has 0 bridgehead atoms. The van der Waals surface area contributed by atoms with Crippen molar-refractivity contribution >= 4 is 17.6 Å². The second-order valence-corrected chi connectivity index (χ2v) is 4.24. The molecule has 16 heavy (non-hydrogen) atoms. The lowest BCUT2D eigenvalue weighted by Crippen LogP contribution is -2.26. The molecule has 0 aliphatic carbocycles. The average molecular weight is 242 g/mol. The molecule has 1 N–H and O–H groups in total. The molecule has 0 radical (unpaired) electrons. The third kappa shape index (κ3) is 2.51. The first kappa shape index (κ1) is 11.4. The number of pyridine rings is 1. The number of nitrogens with zero attached hydrogens (tertiary/aromatic N) is 1. The lowest BCUT2D eigenvalue weighted by molar-refractivity contribution is -0.148. The Bertz CT molecular complexity index is 371. The molecule has 0 aromatic carbocycles. The van der Waals surface area contributed by atoms with Crippen LogP contribution in [-0.4, -0.2) is 22.7 Å². The molecular formula is C11H12ClNO3. The predicted molar refractivity (Wildman–Crippen MR) is 58.3 cm³/mol. The molecule has 4 nitrogen and oxygen atoms in total. The van der Waals surface area contributed by atoms with E-state index in [-0.39, 0.29) is 18.6 Å². The summed E-state index contributed by atoms with van der Waals surface area (Å²) in [7, 11) is 0. The van der Waals surface area contributed by atoms with Gasteiger partial charge in [0.1, 0.15) is 5.15 Å². The molecule has 2 atom stereocenters. The van der Waals surface area contributed by atoms with Crippen LogP contribution in [0, 0.1) is 5.92 Å². The fourth-order valence-electron chi connectivity index (χ4n) is 1.79. The topological polar surface area (TPSA) is 59.4 Å². The van der Waals surface area contributed by atoms with Crippen molar-refractivity contribution in [2.75, 3.05) is 6.61 Å². The zero-order valence-electron chi connectivity index (χ0n) is 8.60. The van der Waals surface area contributed by atoms with Crippen molar-refractivity contribution in [3.8, 4) is 0 Å². The van der Waals surface area contributed by atoms with E-state index in [1.807, 2.05) is 6.07 Å². The van der Waals surface area contributed by atoms with E-state index < -0.39 is 5.97 Å². The molecule has 1 aliphatic rings. The van der Waals surface area contributed by atoms with Gasteiger partial charge in [-0.15, -0.1) is 0 Å². The molecule has 0 amide bonds. The van der Waals surface area contributed by atoms with Crippen LogP contribution in [0.4, 0.5) is 0 Å². The van der Waals surface area contributed by atoms with Crippen LogP contribution in [0.25, 0.3) is 0 Å². The number of hydrogen-bond acceptors (Lipinski definition) is 3. The number of aromatic nitrogens is 1. The Hall–Kier alpha value is -1.13. The highest BCUT2D eigenvalue weighted by Crippen LogP contribution is 2.30. The summed E-state index contributed by atoms with van der Waals surface area (Å²) in [6.45, 7) is 0.266. The number of carboxylic acid groups (broad SMARTS) is 1. The first-order chi connectivity index (χ1) is 7.66. The van der Waals surface area contributed by atoms with E-state index in [9.17, 15) is 4.79 Å². The zero-order valence-corrected chi connectivity index (χ0v) is 9.35. The molecule has 86 valence electrons. The van der Waals surface area contributed by atoms with Gasteiger partial charge in [-0.1, -0.05) is 17.7 Å². The maximum absolute atomic E-state index is 10.7. The Morgan fingerprint density at radius 2 is 2.31 bits per heavy atom. The molecule has 1 fully saturated rings. The first-order valence-corrected chi connectivity index (χ1v) is 5.50. The fourth-order valence-corrected chi connectivity index (χ4v) is 1.90. The van der Waals surface area contributed by atoms with Gasteiger partial charge in [-0.3, -0.25) is 4.79 Å². The average Bonchev–Trinajstić information content (AvgIpc) is 2.30. The SMILES string of the molecule is O=C(O)[C@@H]1CC[C@@H](c2ccc(Cl)nc2)OC1. The second kappa shape index (κ2) is 4.80. The smallest absolute Gasteiger partial charge is 0.308 e. The molecule has 1 aliphatic heterocycles. The Morgan fingerprint density at radius 3 is 2.81 bits per heavy atom. The van der Waals surface area contributed by atoms with Crippen LogP contribution in [0.3, 0.4) is 0 Å². The summed E-state index contributed by atoms with van der Waals surface area (Å²) < 4.78 is 5.51. The fraction of sp³-hybridized carbons (Fsp3) is 0.455. The summed E-state index contributed by atoms with van der Waals surface area (Å²) in [6, 6.07) is 3.57. The maximum Gasteiger partial charge on any atom is 0.308 e. The largest absolute Gasteiger partial charge is 0.481 e. The normalized spacial score (nSPS) is 25.3. The van der Waals surface area contributed by atoms with E-state index in [2.05, 4.69) is 4.98 Å². The molecular weight excluding hydrogens is 230 g/mol. The number of hydrogen-bond donors (Lipinski definition) is 1. The molecule has 0 saturated carbocycles. The number of halogens is 1. The third-order valence-corrected chi connectivity index (χ3v) is 2.97. The highest BCUT2D eigenvalue weighted by atomic mass is 35.5. The Morgan fingerprint density at radius 1 is 1.50 bits per heavy atom. The van der Waals surface area contributed by atoms with Crippen LogP contribution in [-0.2, 0) is 9.53 Å². The van der Waals surface area contributed by atoms with Crippen LogP contribution in [0.1, 0.15) is 24.5 Å². The van der Waals surface area contributed by atoms with Gasteiger partial charge in [-0.25, -0.2) is 4.98 Å². The van der Waals surface area contributed by atoms with Crippen LogP contribution in [0.2, 0.25) is 5.15 Å². The Labute approximate surface area is 98.2 Å². The van der Waals surface area contributed by atoms with Crippen molar-refractivity contribution in [1.29, 1.82) is 0 Å². The van der Waals surface area contributed by atoms with Crippen molar-refractivity contribution in [3.63, 3.8) is 0 Å². The molecule has 2 rings (SSSR count). The molecule has 1 aromatic heterocycles. The predicted octanol–water partition coefficient (Wildman–Crippen LogP) is 2.29. The Balaban J connectivity index is 1.99. The van der Waals surface area contributed by atoms with Crippen molar-refractivity contribution in [1.82, 2.24) is 4.98 Å². The van der Waals surface area contributed by atoms with Gasteiger partial charge >= 0.3 is 5.97 Å². The molecule has 1 saturated heterocycles. The molecule has 5 heteroatoms. The monoisotopic (exact) mass is 241 g/mol. The first-order valence-electron chi connectivity index (χ1n) is 5.12. The zero-order chi connectivity index (χ0) is 11.5. The molecule has 0 unspecified atom stereocenters. The number of carbonyl (C=O) groups is 1. The van der Waals surface area contributed by atoms with Gasteiger partial charge in [0.05, 0.1) is 18.6 Å². The van der Waals surface area contributed by atoms with Gasteiger partial charge in [0.15, 0.2) is 0 Å². The summed E-state index contributed by atoms with van der Waals surface area (Å²) in [4.78, 5) is 14.7. The van der Waals surface area contributed by atoms with Crippen molar-refractivity contribution in [3.05, 3.63) is 29.0 Å². The van der Waals surface area contributed by atoms with Gasteiger partial charge in [0.25, 0.3) is 0 Å². The minimum atomic E-state index is -0.785. The van der Waals surface area contributed by atoms with Gasteiger partial charge in [-0.2, -0.15) is 0 Å². The number of ether oxygens (including phenoxy) is 1. The van der Waals surface area contributed by atoms with E-state index in [1.165, 1.54) is 0 Å². The molecule has 2 heterocycles. The van der Waals surface area contributed by atoms with E-state index in [0.717, 1.165) is 5.56 Å². The van der Waals surface area contributed by atoms with Crippen LogP contribution >= 0.6 is 11.6 Å². The van der Waals surface area contributed by atoms with Gasteiger partial charge in [-0.05, 0) is 24.5 Å². The molecule has 1 aromatic rings. The Kier molecular flexibility index (Phi) is 3.41. The summed E-state index contributed by atoms with van der Waals surface area (Å²) in [5, 5.41) is 9.27. The summed E-state index contributed by atoms with van der Waals surface area (Å²) >= 11 is 5.69. The number of carboxylic acids is 1. The highest BCUT2D eigenvalue weighted by Gasteiger charge is 2.27. The van der Waals surface area contributed by atoms with Crippen LogP contribution in [0.15, 0.2) is 18.3 Å². The van der Waals surface area contributed by atoms with Gasteiger partial charge in [0, 0.05) is 6.20 Å². The summed E-state index contributed by atoms with van der Waals surface area (Å²) in [5.74, 6) is -1.16. The van der Waals surface area contributed by atoms with Crippen molar-refractivity contribution < 1.29 is 14.6 Å². The van der Waals surface area contributed by atoms with E-state index in [1.54, 1.807) is 12.3 Å². The molecule has 0 spiro atoms. The quantitative estimate of drug-likeness (QED) is 0.807. The minimum absolute atomic E-state index is 0.0552. The summed E-state index contributed by atoms with van der Waals surface area (Å²) in [5.41, 5.74) is 0.952. The van der Waals surface area contributed by atoms with E-state index in [0.29, 0.717) is 18.0 Å². The van der Waals surface area contributed by atoms with E-state index in [4.69, 9.17) is 21.4 Å². The standard InChI is InChI=1S/C11H12ClNO3/c12-10-4-2-7(5-13-10)9-3-1-8(6-16-9)11(14)15/h2,4-5,8-9H,1,3,6H2,(H,14,15)/t8-,9+/m1/s1. The van der Waals surface area contributed by atoms with Crippen molar-refractivity contribution in [2.24, 2.45) is 5.92 Å². The summed E-state index contributed by atoms with van der Waals surface area (Å²) in [6.07, 6.45) is 2.97. The third-order valence-electron chi connectivity index (χ3n) is 2.75. The lowest BCUT2D eigenvalue weighted by Gasteiger charge is -2.26. The highest BCUT2D eigenvalue weighted by molar-refractivity contribution is 6.29. The number of aliphatic carboxylic acids is 1. The van der Waals surface area contributed by atoms with Crippen LogP contribution < -0.4 is 0 Å². The van der Waals surface area contributed by atoms with E-state index >= 15 is 0 Å². The minimum Gasteiger partial charge on any atom is -0.481 e.